The quantitative estimate of drug-likeness (QED) is 0.330. The van der Waals surface area contributed by atoms with Crippen molar-refractivity contribution in [3.8, 4) is 5.75 Å². The second-order valence-corrected chi connectivity index (χ2v) is 14.2. The van der Waals surface area contributed by atoms with Gasteiger partial charge in [0.15, 0.2) is 0 Å². The smallest absolute Gasteiger partial charge is 0.482 e. The van der Waals surface area contributed by atoms with Crippen molar-refractivity contribution in [2.24, 2.45) is 17.3 Å². The van der Waals surface area contributed by atoms with Gasteiger partial charge in [-0.15, -0.1) is 0 Å². The van der Waals surface area contributed by atoms with E-state index in [1.54, 1.807) is 51.2 Å². The standard InChI is InChI=1S/C33H44BN3O8/c1-31(2,3)43-30(41)36-18-22-13-19(11-12-35-22)14-27(38)37-26(15-20-9-8-10-23(29(39)40)28(20)42-7)34-44-25-17-21-16-24(32(21,4)5)33(25,6)45-34/h8-13,21,24-26H,14-18H2,1-7H3,(H,36,41)(H,37,38)(H,39,40). The maximum absolute atomic E-state index is 13.5. The molecule has 0 radical (unpaired) electrons. The number of pyridine rings is 1. The monoisotopic (exact) mass is 621 g/mol. The lowest BCUT2D eigenvalue weighted by Gasteiger charge is -2.64. The third kappa shape index (κ3) is 6.82. The van der Waals surface area contributed by atoms with Gasteiger partial charge in [0.1, 0.15) is 16.9 Å². The summed E-state index contributed by atoms with van der Waals surface area (Å²) in [6.07, 6.45) is 3.23. The van der Waals surface area contributed by atoms with Crippen LogP contribution in [-0.4, -0.2) is 65.5 Å². The fourth-order valence-electron chi connectivity index (χ4n) is 7.33. The number of carboxylic acids is 1. The third-order valence-corrected chi connectivity index (χ3v) is 9.67. The van der Waals surface area contributed by atoms with Gasteiger partial charge < -0.3 is 34.5 Å². The average molecular weight is 622 g/mol. The molecule has 5 unspecified atom stereocenters. The first kappa shape index (κ1) is 32.7. The lowest BCUT2D eigenvalue weighted by molar-refractivity contribution is -0.199. The number of hydrogen-bond acceptors (Lipinski definition) is 8. The van der Waals surface area contributed by atoms with Gasteiger partial charge in [-0.2, -0.15) is 0 Å². The highest BCUT2D eigenvalue weighted by Gasteiger charge is 2.68. The number of nitrogens with zero attached hydrogens (tertiary/aromatic N) is 1. The van der Waals surface area contributed by atoms with E-state index in [0.29, 0.717) is 28.7 Å². The van der Waals surface area contributed by atoms with Gasteiger partial charge in [0, 0.05) is 6.20 Å². The number of benzene rings is 1. The minimum absolute atomic E-state index is 0.0424. The van der Waals surface area contributed by atoms with Gasteiger partial charge in [-0.3, -0.25) is 9.78 Å². The Balaban J connectivity index is 1.33. The highest BCUT2D eigenvalue weighted by Crippen LogP contribution is 2.65. The maximum atomic E-state index is 13.5. The number of ether oxygens (including phenoxy) is 2. The molecule has 2 amide bonds. The van der Waals surface area contributed by atoms with Gasteiger partial charge in [0.25, 0.3) is 0 Å². The number of hydrogen-bond donors (Lipinski definition) is 3. The molecule has 4 fully saturated rings. The Morgan fingerprint density at radius 2 is 1.93 bits per heavy atom. The molecule has 0 spiro atoms. The van der Waals surface area contributed by atoms with Crippen molar-refractivity contribution >= 4 is 25.1 Å². The molecule has 4 aliphatic rings. The van der Waals surface area contributed by atoms with Crippen molar-refractivity contribution in [3.63, 3.8) is 0 Å². The molecule has 242 valence electrons. The van der Waals surface area contributed by atoms with Crippen LogP contribution in [0.25, 0.3) is 0 Å². The molecule has 5 atom stereocenters. The summed E-state index contributed by atoms with van der Waals surface area (Å²) in [7, 11) is 0.703. The summed E-state index contributed by atoms with van der Waals surface area (Å²) in [5.74, 6) is -0.836. The molecule has 12 heteroatoms. The number of para-hydroxylation sites is 1. The number of alkyl carbamates (subject to hydrolysis) is 1. The summed E-state index contributed by atoms with van der Waals surface area (Å²) < 4.78 is 24.1. The Morgan fingerprint density at radius 1 is 1.18 bits per heavy atom. The molecule has 2 aromatic rings. The maximum Gasteiger partial charge on any atom is 0.482 e. The van der Waals surface area contributed by atoms with Crippen LogP contribution in [-0.2, 0) is 38.2 Å². The summed E-state index contributed by atoms with van der Waals surface area (Å²) in [4.78, 5) is 41.8. The largest absolute Gasteiger partial charge is 0.496 e. The Kier molecular flexibility index (Phi) is 8.94. The molecule has 1 aliphatic heterocycles. The zero-order chi connectivity index (χ0) is 32.7. The van der Waals surface area contributed by atoms with Gasteiger partial charge in [0.2, 0.25) is 5.91 Å². The predicted octanol–water partition coefficient (Wildman–Crippen LogP) is 4.35. The van der Waals surface area contributed by atoms with Crippen molar-refractivity contribution in [1.29, 1.82) is 0 Å². The van der Waals surface area contributed by atoms with Gasteiger partial charge >= 0.3 is 19.2 Å². The molecule has 45 heavy (non-hydrogen) atoms. The summed E-state index contributed by atoms with van der Waals surface area (Å²) in [6.45, 7) is 12.2. The van der Waals surface area contributed by atoms with Crippen LogP contribution in [0.15, 0.2) is 36.5 Å². The first-order valence-electron chi connectivity index (χ1n) is 15.5. The Hall–Kier alpha value is -3.64. The fourth-order valence-corrected chi connectivity index (χ4v) is 7.33. The molecule has 1 saturated heterocycles. The molecule has 1 aromatic heterocycles. The van der Waals surface area contributed by atoms with Crippen LogP contribution in [0.5, 0.6) is 5.75 Å². The molecule has 11 nitrogen and oxygen atoms in total. The number of amides is 2. The Labute approximate surface area is 264 Å². The van der Waals surface area contributed by atoms with Gasteiger partial charge in [-0.1, -0.05) is 26.0 Å². The number of carboxylic acid groups (broad SMARTS) is 1. The van der Waals surface area contributed by atoms with Crippen LogP contribution < -0.4 is 15.4 Å². The van der Waals surface area contributed by atoms with Crippen LogP contribution in [0.2, 0.25) is 0 Å². The number of rotatable bonds is 10. The van der Waals surface area contributed by atoms with Crippen LogP contribution in [0.1, 0.15) is 81.6 Å². The normalized spacial score (nSPS) is 25.4. The average Bonchev–Trinajstić information content (AvgIpc) is 3.32. The molecule has 3 aliphatic carbocycles. The molecule has 6 rings (SSSR count). The van der Waals surface area contributed by atoms with E-state index in [0.717, 1.165) is 12.8 Å². The van der Waals surface area contributed by atoms with Crippen LogP contribution in [0.3, 0.4) is 0 Å². The summed E-state index contributed by atoms with van der Waals surface area (Å²) in [5, 5.41) is 15.6. The molecule has 2 heterocycles. The van der Waals surface area contributed by atoms with E-state index in [1.165, 1.54) is 13.2 Å². The first-order valence-corrected chi connectivity index (χ1v) is 15.5. The van der Waals surface area contributed by atoms with Gasteiger partial charge in [-0.05, 0) is 93.5 Å². The number of aromatic nitrogens is 1. The molecule has 3 N–H and O–H groups in total. The summed E-state index contributed by atoms with van der Waals surface area (Å²) >= 11 is 0. The van der Waals surface area contributed by atoms with Crippen molar-refractivity contribution in [3.05, 3.63) is 58.9 Å². The molecule has 1 aromatic carbocycles. The van der Waals surface area contributed by atoms with E-state index in [4.69, 9.17) is 18.8 Å². The number of carbonyl (C=O) groups is 3. The fraction of sp³-hybridized carbons (Fsp3) is 0.576. The van der Waals surface area contributed by atoms with Crippen LogP contribution in [0, 0.1) is 17.3 Å². The lowest BCUT2D eigenvalue weighted by Crippen LogP contribution is -2.65. The predicted molar refractivity (Wildman–Crippen MR) is 167 cm³/mol. The second-order valence-electron chi connectivity index (χ2n) is 14.2. The minimum atomic E-state index is -1.10. The van der Waals surface area contributed by atoms with Crippen molar-refractivity contribution < 1.29 is 38.3 Å². The highest BCUT2D eigenvalue weighted by molar-refractivity contribution is 6.48. The van der Waals surface area contributed by atoms with E-state index >= 15 is 0 Å². The summed E-state index contributed by atoms with van der Waals surface area (Å²) in [6, 6.07) is 8.46. The van der Waals surface area contributed by atoms with E-state index in [2.05, 4.69) is 36.4 Å². The van der Waals surface area contributed by atoms with Gasteiger partial charge in [-0.25, -0.2) is 9.59 Å². The van der Waals surface area contributed by atoms with E-state index in [1.807, 2.05) is 0 Å². The summed E-state index contributed by atoms with van der Waals surface area (Å²) in [5.41, 5.74) is 1.01. The van der Waals surface area contributed by atoms with E-state index < -0.39 is 36.3 Å². The minimum Gasteiger partial charge on any atom is -0.496 e. The number of nitrogens with one attached hydrogen (secondary N) is 2. The topological polar surface area (TPSA) is 145 Å². The SMILES string of the molecule is COc1c(CC(NC(=O)Cc2ccnc(CNC(=O)OC(C)(C)C)c2)B2OC3CC4CC(C4(C)C)C3(C)O2)cccc1C(=O)O. The Morgan fingerprint density at radius 3 is 2.60 bits per heavy atom. The van der Waals surface area contributed by atoms with Crippen LogP contribution >= 0.6 is 0 Å². The number of methoxy groups -OCH3 is 1. The van der Waals surface area contributed by atoms with Crippen molar-refractivity contribution in [1.82, 2.24) is 15.6 Å². The first-order chi connectivity index (χ1) is 21.1. The third-order valence-electron chi connectivity index (χ3n) is 9.67. The molecular weight excluding hydrogens is 577 g/mol. The number of aromatic carboxylic acids is 1. The van der Waals surface area contributed by atoms with E-state index in [-0.39, 0.29) is 48.1 Å². The number of carbonyl (C=O) groups excluding carboxylic acids is 2. The molecular formula is C33H44BN3O8. The van der Waals surface area contributed by atoms with E-state index in [9.17, 15) is 19.5 Å². The zero-order valence-electron chi connectivity index (χ0n) is 27.1. The molecule has 2 bridgehead atoms. The van der Waals surface area contributed by atoms with Gasteiger partial charge in [0.05, 0.1) is 43.4 Å². The zero-order valence-corrected chi connectivity index (χ0v) is 27.1. The second kappa shape index (κ2) is 12.3. The highest BCUT2D eigenvalue weighted by atomic mass is 16.7. The lowest BCUT2D eigenvalue weighted by atomic mass is 9.43. The Bertz CT molecular complexity index is 1460. The van der Waals surface area contributed by atoms with Crippen LogP contribution in [0.4, 0.5) is 4.79 Å². The molecule has 3 saturated carbocycles. The van der Waals surface area contributed by atoms with Crippen molar-refractivity contribution in [2.45, 2.75) is 97.0 Å². The van der Waals surface area contributed by atoms with Crippen molar-refractivity contribution in [2.75, 3.05) is 7.11 Å².